The van der Waals surface area contributed by atoms with Gasteiger partial charge in [-0.15, -0.1) is 0 Å². The first-order valence-electron chi connectivity index (χ1n) is 9.13. The van der Waals surface area contributed by atoms with Gasteiger partial charge in [-0.3, -0.25) is 5.10 Å². The highest BCUT2D eigenvalue weighted by molar-refractivity contribution is 6.33. The van der Waals surface area contributed by atoms with Gasteiger partial charge in [0.2, 0.25) is 5.65 Å². The van der Waals surface area contributed by atoms with E-state index in [0.717, 1.165) is 48.5 Å². The van der Waals surface area contributed by atoms with Crippen molar-refractivity contribution in [2.45, 2.75) is 31.7 Å². The molecule has 5 rings (SSSR count). The number of nitrogens with one attached hydrogen (secondary N) is 1. The van der Waals surface area contributed by atoms with E-state index in [4.69, 9.17) is 22.3 Å². The first-order valence-corrected chi connectivity index (χ1v) is 9.51. The fourth-order valence-corrected chi connectivity index (χ4v) is 4.54. The fourth-order valence-electron chi connectivity index (χ4n) is 4.31. The summed E-state index contributed by atoms with van der Waals surface area (Å²) in [7, 11) is 0. The number of piperidine rings is 1. The summed E-state index contributed by atoms with van der Waals surface area (Å²) in [5.74, 6) is 0.887. The van der Waals surface area contributed by atoms with Crippen LogP contribution in [0.5, 0.6) is 0 Å². The van der Waals surface area contributed by atoms with Crippen molar-refractivity contribution in [2.24, 2.45) is 11.1 Å². The highest BCUT2D eigenvalue weighted by Crippen LogP contribution is 2.48. The van der Waals surface area contributed by atoms with Crippen molar-refractivity contribution in [3.8, 4) is 11.3 Å². The van der Waals surface area contributed by atoms with E-state index in [2.05, 4.69) is 20.1 Å². The van der Waals surface area contributed by atoms with Gasteiger partial charge in [0.05, 0.1) is 16.9 Å². The highest BCUT2D eigenvalue weighted by atomic mass is 35.5. The van der Waals surface area contributed by atoms with E-state index < -0.39 is 0 Å². The molecule has 7 heteroatoms. The number of fused-ring (bicyclic) bond motifs is 1. The molecule has 1 aliphatic heterocycles. The Hall–Kier alpha value is -2.18. The monoisotopic (exact) mass is 368 g/mol. The molecule has 1 saturated heterocycles. The van der Waals surface area contributed by atoms with E-state index in [1.165, 1.54) is 12.8 Å². The third kappa shape index (κ3) is 2.40. The van der Waals surface area contributed by atoms with Gasteiger partial charge in [0.25, 0.3) is 0 Å². The largest absolute Gasteiger partial charge is 0.355 e. The second kappa shape index (κ2) is 5.93. The van der Waals surface area contributed by atoms with E-state index >= 15 is 0 Å². The lowest BCUT2D eigenvalue weighted by Crippen LogP contribution is -2.56. The van der Waals surface area contributed by atoms with Crippen molar-refractivity contribution >= 4 is 28.6 Å². The second-order valence-electron chi connectivity index (χ2n) is 7.47. The molecule has 0 amide bonds. The van der Waals surface area contributed by atoms with Crippen LogP contribution in [0.25, 0.3) is 22.4 Å². The molecule has 1 spiro atoms. The van der Waals surface area contributed by atoms with Crippen molar-refractivity contribution < 1.29 is 0 Å². The van der Waals surface area contributed by atoms with Crippen LogP contribution in [0.4, 0.5) is 5.82 Å². The van der Waals surface area contributed by atoms with Gasteiger partial charge in [-0.05, 0) is 37.2 Å². The molecule has 26 heavy (non-hydrogen) atoms. The molecule has 1 aromatic carbocycles. The smallest absolute Gasteiger partial charge is 0.202 e. The molecule has 3 N–H and O–H groups in total. The minimum Gasteiger partial charge on any atom is -0.355 e. The predicted molar refractivity (Wildman–Crippen MR) is 103 cm³/mol. The summed E-state index contributed by atoms with van der Waals surface area (Å²) >= 11 is 6.31. The Morgan fingerprint density at radius 1 is 1.19 bits per heavy atom. The van der Waals surface area contributed by atoms with Crippen LogP contribution in [0.1, 0.15) is 25.7 Å². The average molecular weight is 369 g/mol. The molecule has 1 aliphatic carbocycles. The zero-order chi connectivity index (χ0) is 17.7. The summed E-state index contributed by atoms with van der Waals surface area (Å²) in [4.78, 5) is 11.7. The van der Waals surface area contributed by atoms with Gasteiger partial charge in [-0.2, -0.15) is 5.10 Å². The molecule has 0 bridgehead atoms. The third-order valence-corrected chi connectivity index (χ3v) is 6.55. The Labute approximate surface area is 156 Å². The molecular formula is C19H21ClN6. The normalized spacial score (nSPS) is 21.9. The maximum atomic E-state index is 6.31. The molecule has 2 fully saturated rings. The van der Waals surface area contributed by atoms with Gasteiger partial charge in [0, 0.05) is 24.7 Å². The van der Waals surface area contributed by atoms with Crippen LogP contribution in [-0.4, -0.2) is 39.3 Å². The molecule has 3 heterocycles. The second-order valence-corrected chi connectivity index (χ2v) is 7.88. The minimum atomic E-state index is 0.373. The van der Waals surface area contributed by atoms with Crippen LogP contribution in [0, 0.1) is 5.41 Å². The third-order valence-electron chi connectivity index (χ3n) is 6.22. The number of H-pyrrole nitrogens is 1. The lowest BCUT2D eigenvalue weighted by atomic mass is 9.60. The number of hydrogen-bond acceptors (Lipinski definition) is 5. The van der Waals surface area contributed by atoms with Gasteiger partial charge < -0.3 is 10.6 Å². The first kappa shape index (κ1) is 16.0. The number of halogens is 1. The lowest BCUT2D eigenvalue weighted by Gasteiger charge is -2.52. The van der Waals surface area contributed by atoms with Crippen LogP contribution < -0.4 is 10.6 Å². The maximum Gasteiger partial charge on any atom is 0.202 e. The van der Waals surface area contributed by atoms with Crippen LogP contribution in [0.2, 0.25) is 5.02 Å². The van der Waals surface area contributed by atoms with E-state index in [0.29, 0.717) is 22.1 Å². The van der Waals surface area contributed by atoms with Gasteiger partial charge in [-0.25, -0.2) is 9.97 Å². The van der Waals surface area contributed by atoms with E-state index in [1.807, 2.05) is 30.5 Å². The van der Waals surface area contributed by atoms with Crippen LogP contribution in [0.15, 0.2) is 30.5 Å². The predicted octanol–water partition coefficient (Wildman–Crippen LogP) is 3.38. The molecule has 1 saturated carbocycles. The highest BCUT2D eigenvalue weighted by Gasteiger charge is 2.46. The van der Waals surface area contributed by atoms with E-state index in [1.54, 1.807) is 0 Å². The van der Waals surface area contributed by atoms with Crippen molar-refractivity contribution in [3.05, 3.63) is 35.5 Å². The van der Waals surface area contributed by atoms with E-state index in [-0.39, 0.29) is 0 Å². The van der Waals surface area contributed by atoms with Crippen LogP contribution in [0.3, 0.4) is 0 Å². The molecule has 1 unspecified atom stereocenters. The van der Waals surface area contributed by atoms with Gasteiger partial charge in [0.15, 0.2) is 0 Å². The van der Waals surface area contributed by atoms with E-state index in [9.17, 15) is 0 Å². The number of nitrogens with two attached hydrogens (primary N) is 1. The van der Waals surface area contributed by atoms with Gasteiger partial charge in [-0.1, -0.05) is 29.8 Å². The molecule has 0 radical (unpaired) electrons. The zero-order valence-corrected chi connectivity index (χ0v) is 15.2. The molecule has 2 aromatic heterocycles. The Morgan fingerprint density at radius 3 is 2.69 bits per heavy atom. The number of aromatic nitrogens is 4. The Morgan fingerprint density at radius 2 is 2.00 bits per heavy atom. The maximum absolute atomic E-state index is 6.31. The van der Waals surface area contributed by atoms with Gasteiger partial charge in [0.1, 0.15) is 11.3 Å². The Kier molecular flexibility index (Phi) is 3.65. The summed E-state index contributed by atoms with van der Waals surface area (Å²) in [6, 6.07) is 8.05. The molecule has 3 aromatic rings. The molecular weight excluding hydrogens is 348 g/mol. The molecule has 2 aliphatic rings. The van der Waals surface area contributed by atoms with Crippen molar-refractivity contribution in [2.75, 3.05) is 18.0 Å². The summed E-state index contributed by atoms with van der Waals surface area (Å²) in [5, 5.41) is 8.07. The molecule has 1 atom stereocenters. The molecule has 134 valence electrons. The summed E-state index contributed by atoms with van der Waals surface area (Å²) in [5.41, 5.74) is 9.68. The first-order chi connectivity index (χ1) is 12.7. The zero-order valence-electron chi connectivity index (χ0n) is 14.5. The number of aromatic amines is 1. The Bertz CT molecular complexity index is 960. The van der Waals surface area contributed by atoms with Crippen molar-refractivity contribution in [1.82, 2.24) is 20.2 Å². The number of nitrogens with zero attached hydrogens (tertiary/aromatic N) is 4. The number of rotatable bonds is 2. The number of anilines is 1. The minimum absolute atomic E-state index is 0.373. The lowest BCUT2D eigenvalue weighted by molar-refractivity contribution is 0.0610. The number of hydrogen-bond donors (Lipinski definition) is 2. The summed E-state index contributed by atoms with van der Waals surface area (Å²) in [6.07, 6.45) is 6.56. The topological polar surface area (TPSA) is 83.7 Å². The van der Waals surface area contributed by atoms with Crippen LogP contribution in [-0.2, 0) is 0 Å². The SMILES string of the molecule is NC1CCC12CCN(c1cnc3c(-c4ccccc4Cl)[nH]nc3n1)CC2. The number of benzene rings is 1. The van der Waals surface area contributed by atoms with Crippen molar-refractivity contribution in [3.63, 3.8) is 0 Å². The molecule has 6 nitrogen and oxygen atoms in total. The summed E-state index contributed by atoms with van der Waals surface area (Å²) < 4.78 is 0. The Balaban J connectivity index is 1.42. The quantitative estimate of drug-likeness (QED) is 0.724. The standard InChI is InChI=1S/C19H21ClN6/c20-13-4-2-1-3-12(13)16-17-18(25-24-16)23-15(11-22-17)26-9-7-19(8-10-26)6-5-14(19)21/h1-4,11,14H,5-10,21H2,(H,23,24,25). The van der Waals surface area contributed by atoms with Gasteiger partial charge >= 0.3 is 0 Å². The average Bonchev–Trinajstić information content (AvgIpc) is 3.10. The summed E-state index contributed by atoms with van der Waals surface area (Å²) in [6.45, 7) is 1.96. The fraction of sp³-hybridized carbons (Fsp3) is 0.421. The van der Waals surface area contributed by atoms with Crippen molar-refractivity contribution in [1.29, 1.82) is 0 Å². The van der Waals surface area contributed by atoms with Crippen LogP contribution >= 0.6 is 11.6 Å².